The van der Waals surface area contributed by atoms with Crippen LogP contribution >= 0.6 is 0 Å². The Morgan fingerprint density at radius 1 is 0.962 bits per heavy atom. The van der Waals surface area contributed by atoms with E-state index in [1.165, 1.54) is 56.2 Å². The van der Waals surface area contributed by atoms with Gasteiger partial charge in [-0.25, -0.2) is 0 Å². The molecular formula is C22H28N2O2. The summed E-state index contributed by atoms with van der Waals surface area (Å²) in [7, 11) is 0. The summed E-state index contributed by atoms with van der Waals surface area (Å²) in [5.41, 5.74) is 3.74. The predicted molar refractivity (Wildman–Crippen MR) is 102 cm³/mol. The second-order valence-electron chi connectivity index (χ2n) is 7.39. The third-order valence-corrected chi connectivity index (χ3v) is 5.49. The Hall–Kier alpha value is -2.07. The maximum atomic E-state index is 5.58. The molecule has 26 heavy (non-hydrogen) atoms. The number of rotatable bonds is 5. The summed E-state index contributed by atoms with van der Waals surface area (Å²) in [6.45, 7) is 1.93. The van der Waals surface area contributed by atoms with E-state index in [0.29, 0.717) is 12.7 Å². The lowest BCUT2D eigenvalue weighted by atomic mass is 9.88. The van der Waals surface area contributed by atoms with E-state index < -0.39 is 0 Å². The molecule has 0 bridgehead atoms. The van der Waals surface area contributed by atoms with E-state index in [1.54, 1.807) is 0 Å². The van der Waals surface area contributed by atoms with E-state index >= 15 is 0 Å². The summed E-state index contributed by atoms with van der Waals surface area (Å²) >= 11 is 0. The number of aromatic nitrogens is 1. The topological polar surface area (TPSA) is 43.4 Å². The number of hydrogen-bond acceptors (Lipinski definition) is 4. The molecule has 138 valence electrons. The molecule has 1 aliphatic heterocycles. The van der Waals surface area contributed by atoms with Gasteiger partial charge in [-0.15, -0.1) is 0 Å². The van der Waals surface area contributed by atoms with Crippen LogP contribution in [0.3, 0.4) is 0 Å². The first-order valence-corrected chi connectivity index (χ1v) is 9.93. The number of hydrogen-bond donors (Lipinski definition) is 1. The third-order valence-electron chi connectivity index (χ3n) is 5.49. The monoisotopic (exact) mass is 352 g/mol. The molecule has 2 aliphatic rings. The van der Waals surface area contributed by atoms with Gasteiger partial charge in [-0.3, -0.25) is 4.98 Å². The van der Waals surface area contributed by atoms with Crippen molar-refractivity contribution in [3.8, 4) is 11.5 Å². The zero-order valence-corrected chi connectivity index (χ0v) is 15.4. The van der Waals surface area contributed by atoms with Crippen LogP contribution in [0, 0.1) is 0 Å². The lowest BCUT2D eigenvalue weighted by Crippen LogP contribution is -2.14. The predicted octanol–water partition coefficient (Wildman–Crippen LogP) is 4.93. The van der Waals surface area contributed by atoms with Crippen molar-refractivity contribution in [2.45, 2.75) is 64.0 Å². The highest BCUT2D eigenvalue weighted by Gasteiger charge is 2.17. The highest BCUT2D eigenvalue weighted by molar-refractivity contribution is 5.48. The molecule has 4 rings (SSSR count). The van der Waals surface area contributed by atoms with Crippen LogP contribution in [0.15, 0.2) is 36.5 Å². The van der Waals surface area contributed by atoms with Crippen LogP contribution in [-0.2, 0) is 13.1 Å². The molecule has 1 aliphatic carbocycles. The zero-order chi connectivity index (χ0) is 17.6. The molecule has 1 aromatic heterocycles. The van der Waals surface area contributed by atoms with Gasteiger partial charge in [0.1, 0.15) is 0 Å². The van der Waals surface area contributed by atoms with E-state index in [9.17, 15) is 0 Å². The fraction of sp³-hybridized carbons (Fsp3) is 0.500. The van der Waals surface area contributed by atoms with Gasteiger partial charge >= 0.3 is 0 Å². The van der Waals surface area contributed by atoms with Crippen molar-refractivity contribution in [1.82, 2.24) is 10.3 Å². The van der Waals surface area contributed by atoms with E-state index in [-0.39, 0.29) is 0 Å². The Labute approximate surface area is 155 Å². The molecule has 0 radical (unpaired) electrons. The van der Waals surface area contributed by atoms with Crippen LogP contribution in [-0.4, -0.2) is 11.8 Å². The Bertz CT molecular complexity index is 724. The quantitative estimate of drug-likeness (QED) is 0.829. The first kappa shape index (κ1) is 17.3. The second kappa shape index (κ2) is 8.54. The number of nitrogens with one attached hydrogen (secondary N) is 1. The summed E-state index contributed by atoms with van der Waals surface area (Å²) in [6.07, 6.45) is 11.4. The van der Waals surface area contributed by atoms with Gasteiger partial charge in [0.2, 0.25) is 6.79 Å². The number of para-hydroxylation sites is 1. The fourth-order valence-corrected chi connectivity index (χ4v) is 4.05. The highest BCUT2D eigenvalue weighted by Crippen LogP contribution is 2.35. The van der Waals surface area contributed by atoms with Crippen molar-refractivity contribution in [2.75, 3.05) is 6.79 Å². The van der Waals surface area contributed by atoms with Crippen LogP contribution in [0.2, 0.25) is 0 Å². The van der Waals surface area contributed by atoms with Crippen LogP contribution in [0.1, 0.15) is 67.7 Å². The van der Waals surface area contributed by atoms with Crippen molar-refractivity contribution >= 4 is 0 Å². The smallest absolute Gasteiger partial charge is 0.231 e. The Kier molecular flexibility index (Phi) is 5.70. The molecule has 0 saturated heterocycles. The second-order valence-corrected chi connectivity index (χ2v) is 7.39. The number of nitrogens with zero attached hydrogens (tertiary/aromatic N) is 1. The highest BCUT2D eigenvalue weighted by atomic mass is 16.7. The van der Waals surface area contributed by atoms with Crippen molar-refractivity contribution in [2.24, 2.45) is 0 Å². The van der Waals surface area contributed by atoms with Gasteiger partial charge in [0.25, 0.3) is 0 Å². The van der Waals surface area contributed by atoms with Gasteiger partial charge in [0, 0.05) is 36.5 Å². The molecule has 4 heteroatoms. The van der Waals surface area contributed by atoms with Crippen LogP contribution in [0.4, 0.5) is 0 Å². The Morgan fingerprint density at radius 2 is 1.81 bits per heavy atom. The van der Waals surface area contributed by atoms with E-state index in [1.807, 2.05) is 18.3 Å². The zero-order valence-electron chi connectivity index (χ0n) is 15.4. The summed E-state index contributed by atoms with van der Waals surface area (Å²) < 4.78 is 11.0. The molecule has 0 spiro atoms. The van der Waals surface area contributed by atoms with Crippen LogP contribution in [0.25, 0.3) is 0 Å². The van der Waals surface area contributed by atoms with Crippen LogP contribution < -0.4 is 14.8 Å². The average Bonchev–Trinajstić information content (AvgIpc) is 3.11. The lowest BCUT2D eigenvalue weighted by molar-refractivity contribution is 0.173. The van der Waals surface area contributed by atoms with Crippen molar-refractivity contribution < 1.29 is 9.47 Å². The minimum absolute atomic E-state index is 0.321. The average molecular weight is 352 g/mol. The first-order chi connectivity index (χ1) is 12.9. The summed E-state index contributed by atoms with van der Waals surface area (Å²) in [5.74, 6) is 2.36. The Morgan fingerprint density at radius 3 is 2.69 bits per heavy atom. The van der Waals surface area contributed by atoms with Gasteiger partial charge in [-0.1, -0.05) is 44.2 Å². The number of pyridine rings is 1. The molecule has 1 fully saturated rings. The van der Waals surface area contributed by atoms with Crippen molar-refractivity contribution in [1.29, 1.82) is 0 Å². The van der Waals surface area contributed by atoms with Gasteiger partial charge < -0.3 is 14.8 Å². The molecule has 0 atom stereocenters. The molecule has 0 unspecified atom stereocenters. The maximum Gasteiger partial charge on any atom is 0.231 e. The molecule has 1 aromatic carbocycles. The first-order valence-electron chi connectivity index (χ1n) is 9.93. The molecule has 4 nitrogen and oxygen atoms in total. The number of fused-ring (bicyclic) bond motifs is 1. The normalized spacial score (nSPS) is 17.7. The fourth-order valence-electron chi connectivity index (χ4n) is 4.05. The third kappa shape index (κ3) is 4.18. The van der Waals surface area contributed by atoms with Gasteiger partial charge in [-0.05, 0) is 36.6 Å². The minimum atomic E-state index is 0.321. The van der Waals surface area contributed by atoms with E-state index in [4.69, 9.17) is 9.47 Å². The molecule has 1 N–H and O–H groups in total. The molecular weight excluding hydrogens is 324 g/mol. The minimum Gasteiger partial charge on any atom is -0.454 e. The SMILES string of the molecule is c1cc(CNCc2ccnc(C3CCCCCCC3)c2)c2c(c1)OCO2. The summed E-state index contributed by atoms with van der Waals surface area (Å²) in [6, 6.07) is 10.5. The maximum absolute atomic E-state index is 5.58. The molecule has 0 amide bonds. The van der Waals surface area contributed by atoms with Crippen LogP contribution in [0.5, 0.6) is 11.5 Å². The molecule has 1 saturated carbocycles. The number of ether oxygens (including phenoxy) is 2. The standard InChI is InChI=1S/C22H28N2O2/c1-2-4-7-18(8-5-3-1)20-13-17(11-12-24-20)14-23-15-19-9-6-10-21-22(19)26-16-25-21/h6,9-13,18,23H,1-5,7-8,14-16H2. The van der Waals surface area contributed by atoms with Crippen molar-refractivity contribution in [3.63, 3.8) is 0 Å². The van der Waals surface area contributed by atoms with E-state index in [0.717, 1.165) is 30.2 Å². The lowest BCUT2D eigenvalue weighted by Gasteiger charge is -2.19. The van der Waals surface area contributed by atoms with E-state index in [2.05, 4.69) is 28.5 Å². The largest absolute Gasteiger partial charge is 0.454 e. The molecule has 2 heterocycles. The van der Waals surface area contributed by atoms with Gasteiger partial charge in [0.05, 0.1) is 0 Å². The summed E-state index contributed by atoms with van der Waals surface area (Å²) in [5, 5.41) is 3.54. The van der Waals surface area contributed by atoms with Gasteiger partial charge in [0.15, 0.2) is 11.5 Å². The van der Waals surface area contributed by atoms with Gasteiger partial charge in [-0.2, -0.15) is 0 Å². The Balaban J connectivity index is 1.36. The van der Waals surface area contributed by atoms with Crippen molar-refractivity contribution in [3.05, 3.63) is 53.3 Å². The molecule has 2 aromatic rings. The number of benzene rings is 1. The summed E-state index contributed by atoms with van der Waals surface area (Å²) in [4.78, 5) is 4.68.